The van der Waals surface area contributed by atoms with Crippen molar-refractivity contribution in [3.05, 3.63) is 150 Å². The number of aromatic nitrogens is 2. The van der Waals surface area contributed by atoms with E-state index in [4.69, 9.17) is 4.42 Å². The summed E-state index contributed by atoms with van der Waals surface area (Å²) in [6.45, 7) is 7.01. The van der Waals surface area contributed by atoms with Crippen LogP contribution in [0, 0.1) is 23.9 Å². The van der Waals surface area contributed by atoms with Gasteiger partial charge in [-0.2, -0.15) is 0 Å². The molecule has 1 aliphatic carbocycles. The van der Waals surface area contributed by atoms with E-state index in [9.17, 15) is 4.39 Å². The summed E-state index contributed by atoms with van der Waals surface area (Å²) in [6.07, 6.45) is 12.9. The molecule has 1 saturated carbocycles. The third kappa shape index (κ3) is 8.81. The van der Waals surface area contributed by atoms with E-state index in [1.807, 2.05) is 36.7 Å². The van der Waals surface area contributed by atoms with Gasteiger partial charge >= 0.3 is 0 Å². The Labute approximate surface area is 315 Å². The molecular formula is C45H43FIrN2OSi-2. The summed E-state index contributed by atoms with van der Waals surface area (Å²) in [6, 6.07) is 40.2. The Hall–Kier alpha value is -4.22. The zero-order chi connectivity index (χ0) is 34.5. The SMILES string of the molecule is C[Si](C)(C)c1cnc(-c2[c-]cc(F)cc2)cc1Cc1ccccc1.[Ir].[c-]1ccc2c(oc3ccccc32)c1-c1cc(CC2CCCCC2)ccn1. The molecule has 0 amide bonds. The van der Waals surface area contributed by atoms with E-state index in [-0.39, 0.29) is 25.9 Å². The monoisotopic (exact) mass is 867 g/mol. The molecule has 261 valence electrons. The molecule has 6 heteroatoms. The van der Waals surface area contributed by atoms with E-state index < -0.39 is 8.07 Å². The van der Waals surface area contributed by atoms with Gasteiger partial charge < -0.3 is 14.4 Å². The molecule has 1 fully saturated rings. The topological polar surface area (TPSA) is 38.9 Å². The predicted molar refractivity (Wildman–Crippen MR) is 207 cm³/mol. The van der Waals surface area contributed by atoms with Crippen molar-refractivity contribution in [3.63, 3.8) is 0 Å². The van der Waals surface area contributed by atoms with E-state index in [2.05, 4.69) is 102 Å². The van der Waals surface area contributed by atoms with Crippen LogP contribution in [0.15, 0.2) is 120 Å². The minimum atomic E-state index is -1.50. The summed E-state index contributed by atoms with van der Waals surface area (Å²) in [7, 11) is -1.50. The molecule has 1 aliphatic rings. The zero-order valence-corrected chi connectivity index (χ0v) is 32.9. The molecule has 3 heterocycles. The van der Waals surface area contributed by atoms with Crippen LogP contribution in [-0.2, 0) is 32.9 Å². The number of rotatable bonds is 7. The molecule has 0 N–H and O–H groups in total. The number of furan rings is 1. The van der Waals surface area contributed by atoms with Crippen molar-refractivity contribution in [3.8, 4) is 22.5 Å². The number of nitrogens with zero attached hydrogens (tertiary/aromatic N) is 2. The van der Waals surface area contributed by atoms with Gasteiger partial charge in [-0.25, -0.2) is 0 Å². The molecule has 0 aliphatic heterocycles. The number of hydrogen-bond acceptors (Lipinski definition) is 3. The summed E-state index contributed by atoms with van der Waals surface area (Å²) >= 11 is 0. The first-order valence-electron chi connectivity index (χ1n) is 17.8. The van der Waals surface area contributed by atoms with E-state index >= 15 is 0 Å². The third-order valence-corrected chi connectivity index (χ3v) is 11.8. The van der Waals surface area contributed by atoms with Crippen LogP contribution in [0.5, 0.6) is 0 Å². The Bertz CT molecular complexity index is 2200. The van der Waals surface area contributed by atoms with Crippen molar-refractivity contribution in [2.75, 3.05) is 0 Å². The Morgan fingerprint density at radius 3 is 2.33 bits per heavy atom. The number of benzene rings is 4. The van der Waals surface area contributed by atoms with Gasteiger partial charge in [0.1, 0.15) is 5.58 Å². The summed E-state index contributed by atoms with van der Waals surface area (Å²) in [4.78, 5) is 9.26. The van der Waals surface area contributed by atoms with E-state index in [0.29, 0.717) is 0 Å². The van der Waals surface area contributed by atoms with Crippen LogP contribution >= 0.6 is 0 Å². The van der Waals surface area contributed by atoms with Crippen LogP contribution in [-0.4, -0.2) is 18.0 Å². The molecule has 3 aromatic heterocycles. The van der Waals surface area contributed by atoms with Gasteiger partial charge in [-0.3, -0.25) is 4.39 Å². The molecule has 8 rings (SSSR count). The Morgan fingerprint density at radius 1 is 0.784 bits per heavy atom. The van der Waals surface area contributed by atoms with Gasteiger partial charge in [0, 0.05) is 43.7 Å². The Morgan fingerprint density at radius 2 is 1.57 bits per heavy atom. The van der Waals surface area contributed by atoms with Gasteiger partial charge in [-0.1, -0.05) is 134 Å². The second kappa shape index (κ2) is 16.4. The molecule has 1 radical (unpaired) electrons. The average molecular weight is 867 g/mol. The maximum atomic E-state index is 13.1. The van der Waals surface area contributed by atoms with E-state index in [1.165, 1.54) is 66.1 Å². The molecule has 0 atom stereocenters. The van der Waals surface area contributed by atoms with Crippen LogP contribution in [0.3, 0.4) is 0 Å². The molecule has 0 saturated heterocycles. The first kappa shape index (κ1) is 36.6. The fourth-order valence-corrected chi connectivity index (χ4v) is 8.77. The summed E-state index contributed by atoms with van der Waals surface area (Å²) in [5, 5.41) is 3.65. The standard InChI is InChI=1S/C24H22NO.C21H21FNSi.Ir/c1-2-7-17(8-3-1)15-18-13-14-25-22(16-18)21-11-6-10-20-19-9-4-5-12-23(19)26-24(20)21;1-24(2,3)21-15-23-20(17-9-11-19(22)12-10-17)14-18(21)13-16-7-5-4-6-8-16;/h4-6,9-10,12-14,16-17H,1-3,7-8,15H2;4-9,11-12,14-15H,13H2,1-3H3;/q2*-1;. The predicted octanol–water partition coefficient (Wildman–Crippen LogP) is 11.4. The van der Waals surface area contributed by atoms with Crippen molar-refractivity contribution in [2.45, 2.75) is 64.6 Å². The molecule has 3 nitrogen and oxygen atoms in total. The van der Waals surface area contributed by atoms with Crippen LogP contribution < -0.4 is 5.19 Å². The molecule has 4 aromatic carbocycles. The maximum absolute atomic E-state index is 13.1. The summed E-state index contributed by atoms with van der Waals surface area (Å²) in [5.74, 6) is 0.548. The summed E-state index contributed by atoms with van der Waals surface area (Å²) in [5.41, 5.74) is 9.38. The number of pyridine rings is 2. The quantitative estimate of drug-likeness (QED) is 0.118. The van der Waals surface area contributed by atoms with Crippen LogP contribution in [0.1, 0.15) is 48.8 Å². The number of fused-ring (bicyclic) bond motifs is 3. The third-order valence-electron chi connectivity index (χ3n) is 9.75. The van der Waals surface area contributed by atoms with Gasteiger partial charge in [0.2, 0.25) is 0 Å². The number of para-hydroxylation sites is 1. The summed E-state index contributed by atoms with van der Waals surface area (Å²) < 4.78 is 19.3. The van der Waals surface area contributed by atoms with Crippen molar-refractivity contribution in [1.82, 2.24) is 9.97 Å². The van der Waals surface area contributed by atoms with Crippen LogP contribution in [0.4, 0.5) is 4.39 Å². The molecular weight excluding hydrogens is 824 g/mol. The van der Waals surface area contributed by atoms with Gasteiger partial charge in [0.15, 0.2) is 0 Å². The van der Waals surface area contributed by atoms with E-state index in [1.54, 1.807) is 6.07 Å². The molecule has 51 heavy (non-hydrogen) atoms. The normalized spacial score (nSPS) is 13.4. The second-order valence-corrected chi connectivity index (χ2v) is 19.5. The van der Waals surface area contributed by atoms with Crippen molar-refractivity contribution in [1.29, 1.82) is 0 Å². The molecule has 0 unspecified atom stereocenters. The van der Waals surface area contributed by atoms with Gasteiger partial charge in [-0.05, 0) is 53.0 Å². The maximum Gasteiger partial charge on any atom is 0.120 e. The molecule has 0 bridgehead atoms. The van der Waals surface area contributed by atoms with Crippen molar-refractivity contribution < 1.29 is 28.9 Å². The van der Waals surface area contributed by atoms with Gasteiger partial charge in [0.25, 0.3) is 0 Å². The largest absolute Gasteiger partial charge is 0.501 e. The zero-order valence-electron chi connectivity index (χ0n) is 29.5. The Balaban J connectivity index is 0.000000173. The van der Waals surface area contributed by atoms with Gasteiger partial charge in [0.05, 0.1) is 13.7 Å². The molecule has 7 aromatic rings. The fourth-order valence-electron chi connectivity index (χ4n) is 7.19. The van der Waals surface area contributed by atoms with E-state index in [0.717, 1.165) is 63.2 Å². The minimum Gasteiger partial charge on any atom is -0.501 e. The second-order valence-electron chi connectivity index (χ2n) is 14.5. The van der Waals surface area contributed by atoms with Crippen molar-refractivity contribution >= 4 is 35.2 Å². The Kier molecular flexibility index (Phi) is 11.8. The molecule has 0 spiro atoms. The van der Waals surface area contributed by atoms with Crippen molar-refractivity contribution in [2.24, 2.45) is 5.92 Å². The minimum absolute atomic E-state index is 0. The number of hydrogen-bond donors (Lipinski definition) is 0. The van der Waals surface area contributed by atoms with Gasteiger partial charge in [-0.15, -0.1) is 48.0 Å². The smallest absolute Gasteiger partial charge is 0.120 e. The average Bonchev–Trinajstić information content (AvgIpc) is 3.52. The fraction of sp³-hybridized carbons (Fsp3) is 0.244. The van der Waals surface area contributed by atoms with Crippen LogP contribution in [0.25, 0.3) is 44.5 Å². The van der Waals surface area contributed by atoms with Crippen LogP contribution in [0.2, 0.25) is 19.6 Å². The first-order chi connectivity index (χ1) is 24.3. The first-order valence-corrected chi connectivity index (χ1v) is 21.3. The number of halogens is 1.